The van der Waals surface area contributed by atoms with Crippen LogP contribution < -0.4 is 5.32 Å². The molecule has 0 bridgehead atoms. The van der Waals surface area contributed by atoms with E-state index in [1.807, 2.05) is 6.07 Å². The van der Waals surface area contributed by atoms with E-state index in [0.717, 1.165) is 4.47 Å². The lowest BCUT2D eigenvalue weighted by Gasteiger charge is -2.08. The van der Waals surface area contributed by atoms with Gasteiger partial charge in [-0.2, -0.15) is 0 Å². The van der Waals surface area contributed by atoms with Gasteiger partial charge in [0.15, 0.2) is 0 Å². The van der Waals surface area contributed by atoms with Gasteiger partial charge in [-0.05, 0) is 12.1 Å². The molecule has 1 amide bonds. The summed E-state index contributed by atoms with van der Waals surface area (Å²) in [7, 11) is 0. The van der Waals surface area contributed by atoms with Crippen molar-refractivity contribution in [2.75, 3.05) is 5.32 Å². The highest BCUT2D eigenvalue weighted by molar-refractivity contribution is 9.10. The average molecular weight is 244 g/mol. The summed E-state index contributed by atoms with van der Waals surface area (Å²) in [6, 6.07) is 5.36. The van der Waals surface area contributed by atoms with E-state index in [2.05, 4.69) is 21.2 Å². The maximum atomic E-state index is 10.8. The first kappa shape index (κ1) is 10.2. The third-order valence-electron chi connectivity index (χ3n) is 1.59. The summed E-state index contributed by atoms with van der Waals surface area (Å²) in [6.45, 7) is 1.33. The molecule has 4 heteroatoms. The molecule has 0 aliphatic heterocycles. The third-order valence-corrected chi connectivity index (χ3v) is 2.33. The summed E-state index contributed by atoms with van der Waals surface area (Å²) in [5, 5.41) is 11.7. The van der Waals surface area contributed by atoms with Crippen LogP contribution in [0.4, 0.5) is 5.69 Å². The smallest absolute Gasteiger partial charge is 0.221 e. The summed E-state index contributed by atoms with van der Waals surface area (Å²) in [4.78, 5) is 10.8. The summed E-state index contributed by atoms with van der Waals surface area (Å²) >= 11 is 3.29. The molecular weight excluding hydrogens is 234 g/mol. The van der Waals surface area contributed by atoms with E-state index in [1.54, 1.807) is 12.1 Å². The van der Waals surface area contributed by atoms with Gasteiger partial charge in [0.05, 0.1) is 6.61 Å². The van der Waals surface area contributed by atoms with Crippen LogP contribution in [0.1, 0.15) is 12.5 Å². The first-order chi connectivity index (χ1) is 6.15. The molecule has 0 fully saturated rings. The minimum absolute atomic E-state index is 0.100. The molecule has 3 nitrogen and oxygen atoms in total. The monoisotopic (exact) mass is 243 g/mol. The highest BCUT2D eigenvalue weighted by Gasteiger charge is 2.05. The summed E-state index contributed by atoms with van der Waals surface area (Å²) in [6.07, 6.45) is 0. The second-order valence-electron chi connectivity index (χ2n) is 2.61. The van der Waals surface area contributed by atoms with Crippen molar-refractivity contribution in [3.8, 4) is 0 Å². The minimum Gasteiger partial charge on any atom is -0.392 e. The summed E-state index contributed by atoms with van der Waals surface area (Å²) in [5.74, 6) is -0.146. The fourth-order valence-corrected chi connectivity index (χ4v) is 1.52. The Hall–Kier alpha value is -0.870. The molecule has 0 aliphatic carbocycles. The zero-order valence-corrected chi connectivity index (χ0v) is 8.76. The topological polar surface area (TPSA) is 49.3 Å². The zero-order chi connectivity index (χ0) is 9.84. The molecule has 0 spiro atoms. The van der Waals surface area contributed by atoms with Crippen molar-refractivity contribution >= 4 is 27.5 Å². The molecule has 13 heavy (non-hydrogen) atoms. The molecule has 0 saturated carbocycles. The maximum Gasteiger partial charge on any atom is 0.221 e. The third kappa shape index (κ3) is 2.54. The predicted molar refractivity (Wildman–Crippen MR) is 54.4 cm³/mol. The first-order valence-corrected chi connectivity index (χ1v) is 4.60. The van der Waals surface area contributed by atoms with Crippen LogP contribution in [0.25, 0.3) is 0 Å². The molecule has 0 aromatic heterocycles. The van der Waals surface area contributed by atoms with Gasteiger partial charge in [-0.3, -0.25) is 4.79 Å². The summed E-state index contributed by atoms with van der Waals surface area (Å²) < 4.78 is 0.793. The lowest BCUT2D eigenvalue weighted by Crippen LogP contribution is -2.08. The van der Waals surface area contributed by atoms with Crippen molar-refractivity contribution < 1.29 is 9.90 Å². The zero-order valence-electron chi connectivity index (χ0n) is 7.17. The number of carbonyl (C=O) groups excluding carboxylic acids is 1. The van der Waals surface area contributed by atoms with E-state index in [4.69, 9.17) is 5.11 Å². The Kier molecular flexibility index (Phi) is 3.45. The van der Waals surface area contributed by atoms with Crippen molar-refractivity contribution in [2.45, 2.75) is 13.5 Å². The SMILES string of the molecule is CC(=O)Nc1cccc(Br)c1CO. The van der Waals surface area contributed by atoms with Gasteiger partial charge in [-0.15, -0.1) is 0 Å². The van der Waals surface area contributed by atoms with Crippen LogP contribution in [0.2, 0.25) is 0 Å². The lowest BCUT2D eigenvalue weighted by molar-refractivity contribution is -0.114. The molecule has 1 rings (SSSR count). The molecule has 0 radical (unpaired) electrons. The maximum absolute atomic E-state index is 10.8. The Morgan fingerprint density at radius 3 is 2.85 bits per heavy atom. The first-order valence-electron chi connectivity index (χ1n) is 3.81. The number of aliphatic hydroxyl groups excluding tert-OH is 1. The summed E-state index contributed by atoms with van der Waals surface area (Å²) in [5.41, 5.74) is 1.34. The van der Waals surface area contributed by atoms with Gasteiger partial charge in [-0.25, -0.2) is 0 Å². The number of hydrogen-bond acceptors (Lipinski definition) is 2. The molecule has 1 aromatic carbocycles. The van der Waals surface area contributed by atoms with Gasteiger partial charge in [0.1, 0.15) is 0 Å². The normalized spacial score (nSPS) is 9.77. The Bertz CT molecular complexity index is 325. The van der Waals surface area contributed by atoms with E-state index in [1.165, 1.54) is 6.92 Å². The number of aliphatic hydroxyl groups is 1. The number of carbonyl (C=O) groups is 1. The largest absolute Gasteiger partial charge is 0.392 e. The van der Waals surface area contributed by atoms with Crippen LogP contribution in [0.5, 0.6) is 0 Å². The number of hydrogen-bond donors (Lipinski definition) is 2. The van der Waals surface area contributed by atoms with Gasteiger partial charge in [-0.1, -0.05) is 22.0 Å². The Labute approximate surface area is 84.9 Å². The van der Waals surface area contributed by atoms with E-state index in [-0.39, 0.29) is 12.5 Å². The second kappa shape index (κ2) is 4.39. The van der Waals surface area contributed by atoms with Crippen LogP contribution in [0, 0.1) is 0 Å². The predicted octanol–water partition coefficient (Wildman–Crippen LogP) is 1.90. The van der Waals surface area contributed by atoms with Crippen LogP contribution in [0.15, 0.2) is 22.7 Å². The highest BCUT2D eigenvalue weighted by Crippen LogP contribution is 2.24. The molecular formula is C9H10BrNO2. The molecule has 0 heterocycles. The number of benzene rings is 1. The Morgan fingerprint density at radius 1 is 1.62 bits per heavy atom. The van der Waals surface area contributed by atoms with E-state index in [9.17, 15) is 4.79 Å². The van der Waals surface area contributed by atoms with Crippen LogP contribution in [-0.2, 0) is 11.4 Å². The number of anilines is 1. The van der Waals surface area contributed by atoms with Gasteiger partial charge in [0, 0.05) is 22.6 Å². The number of halogens is 1. The standard InChI is InChI=1S/C9H10BrNO2/c1-6(13)11-9-4-2-3-8(10)7(9)5-12/h2-4,12H,5H2,1H3,(H,11,13). The fraction of sp³-hybridized carbons (Fsp3) is 0.222. The van der Waals surface area contributed by atoms with E-state index < -0.39 is 0 Å². The average Bonchev–Trinajstić information content (AvgIpc) is 2.03. The number of nitrogens with one attached hydrogen (secondary N) is 1. The van der Waals surface area contributed by atoms with E-state index >= 15 is 0 Å². The lowest BCUT2D eigenvalue weighted by atomic mass is 10.2. The van der Waals surface area contributed by atoms with Gasteiger partial charge >= 0.3 is 0 Å². The number of rotatable bonds is 2. The van der Waals surface area contributed by atoms with Crippen LogP contribution in [0.3, 0.4) is 0 Å². The fourth-order valence-electron chi connectivity index (χ4n) is 1.03. The minimum atomic E-state index is -0.146. The van der Waals surface area contributed by atoms with Crippen molar-refractivity contribution in [1.29, 1.82) is 0 Å². The Morgan fingerprint density at radius 2 is 2.31 bits per heavy atom. The second-order valence-corrected chi connectivity index (χ2v) is 3.46. The van der Waals surface area contributed by atoms with Gasteiger partial charge < -0.3 is 10.4 Å². The quantitative estimate of drug-likeness (QED) is 0.834. The molecule has 0 aliphatic rings. The molecule has 0 saturated heterocycles. The molecule has 0 atom stereocenters. The van der Waals surface area contributed by atoms with Gasteiger partial charge in [0.2, 0.25) is 5.91 Å². The van der Waals surface area contributed by atoms with Crippen molar-refractivity contribution in [3.05, 3.63) is 28.2 Å². The van der Waals surface area contributed by atoms with E-state index in [0.29, 0.717) is 11.3 Å². The molecule has 1 aromatic rings. The molecule has 2 N–H and O–H groups in total. The molecule has 70 valence electrons. The van der Waals surface area contributed by atoms with Crippen molar-refractivity contribution in [1.82, 2.24) is 0 Å². The molecule has 0 unspecified atom stereocenters. The van der Waals surface area contributed by atoms with Gasteiger partial charge in [0.25, 0.3) is 0 Å². The number of amides is 1. The van der Waals surface area contributed by atoms with Crippen molar-refractivity contribution in [3.63, 3.8) is 0 Å². The van der Waals surface area contributed by atoms with Crippen molar-refractivity contribution in [2.24, 2.45) is 0 Å². The van der Waals surface area contributed by atoms with Crippen LogP contribution in [-0.4, -0.2) is 11.0 Å². The Balaban J connectivity index is 3.05. The highest BCUT2D eigenvalue weighted by atomic mass is 79.9. The van der Waals surface area contributed by atoms with Crippen LogP contribution >= 0.6 is 15.9 Å².